The highest BCUT2D eigenvalue weighted by Crippen LogP contribution is 2.24. The fourth-order valence-electron chi connectivity index (χ4n) is 4.27. The van der Waals surface area contributed by atoms with E-state index in [1.807, 2.05) is 48.5 Å². The molecule has 0 radical (unpaired) electrons. The Morgan fingerprint density at radius 1 is 1.06 bits per heavy atom. The summed E-state index contributed by atoms with van der Waals surface area (Å²) in [5.41, 5.74) is 7.95. The van der Waals surface area contributed by atoms with E-state index in [2.05, 4.69) is 6.08 Å². The molecule has 0 spiro atoms. The minimum Gasteiger partial charge on any atom is -0.370 e. The lowest BCUT2D eigenvalue weighted by molar-refractivity contribution is -0.118. The number of hydrogen-bond donors (Lipinski definition) is 1. The van der Waals surface area contributed by atoms with Crippen LogP contribution in [0, 0.1) is 0 Å². The lowest BCUT2D eigenvalue weighted by Gasteiger charge is -2.22. The average molecular weight is 491 g/mol. The third-order valence-electron chi connectivity index (χ3n) is 6.14. The number of amides is 2. The van der Waals surface area contributed by atoms with E-state index >= 15 is 0 Å². The maximum atomic E-state index is 13.3. The zero-order valence-electron chi connectivity index (χ0n) is 19.7. The maximum Gasteiger partial charge on any atom is 0.262 e. The van der Waals surface area contributed by atoms with Gasteiger partial charge >= 0.3 is 0 Å². The van der Waals surface area contributed by atoms with Gasteiger partial charge < -0.3 is 10.6 Å². The number of nitrogens with zero attached hydrogens (tertiary/aromatic N) is 3. The molecule has 4 rings (SSSR count). The molecule has 7 nitrogen and oxygen atoms in total. The summed E-state index contributed by atoms with van der Waals surface area (Å²) >= 11 is 1.25. The number of benzene rings is 2. The average Bonchev–Trinajstić information content (AvgIpc) is 2.88. The van der Waals surface area contributed by atoms with Crippen LogP contribution in [0.3, 0.4) is 0 Å². The van der Waals surface area contributed by atoms with Crippen molar-refractivity contribution in [3.63, 3.8) is 0 Å². The number of carbonyl (C=O) groups is 2. The first-order chi connectivity index (χ1) is 17.0. The van der Waals surface area contributed by atoms with Gasteiger partial charge in [-0.2, -0.15) is 0 Å². The first-order valence-corrected chi connectivity index (χ1v) is 13.0. The zero-order valence-corrected chi connectivity index (χ0v) is 20.5. The molecule has 2 amide bonds. The van der Waals surface area contributed by atoms with Crippen molar-refractivity contribution < 1.29 is 9.59 Å². The molecular weight excluding hydrogens is 460 g/mol. The van der Waals surface area contributed by atoms with Crippen LogP contribution in [0.4, 0.5) is 5.69 Å². The van der Waals surface area contributed by atoms with Gasteiger partial charge in [0.05, 0.1) is 16.7 Å². The Balaban J connectivity index is 1.57. The molecule has 3 aromatic rings. The molecule has 2 N–H and O–H groups in total. The lowest BCUT2D eigenvalue weighted by Crippen LogP contribution is -2.35. The molecule has 2 aromatic carbocycles. The molecule has 0 saturated heterocycles. The van der Waals surface area contributed by atoms with E-state index < -0.39 is 5.91 Å². The van der Waals surface area contributed by atoms with Gasteiger partial charge in [-0.3, -0.25) is 19.0 Å². The highest BCUT2D eigenvalue weighted by Gasteiger charge is 2.19. The van der Waals surface area contributed by atoms with Gasteiger partial charge in [-0.15, -0.1) is 0 Å². The molecule has 0 bridgehead atoms. The Bertz CT molecular complexity index is 1290. The molecule has 1 aliphatic rings. The van der Waals surface area contributed by atoms with E-state index in [-0.39, 0.29) is 30.2 Å². The van der Waals surface area contributed by atoms with Crippen LogP contribution in [0.2, 0.25) is 0 Å². The second-order valence-electron chi connectivity index (χ2n) is 8.61. The van der Waals surface area contributed by atoms with Crippen molar-refractivity contribution in [2.45, 2.75) is 50.2 Å². The smallest absolute Gasteiger partial charge is 0.262 e. The summed E-state index contributed by atoms with van der Waals surface area (Å²) in [6, 6.07) is 16.5. The number of carbonyl (C=O) groups excluding carboxylic acids is 2. The topological polar surface area (TPSA) is 98.3 Å². The van der Waals surface area contributed by atoms with Crippen LogP contribution >= 0.6 is 11.8 Å². The SMILES string of the molecule is NC(=O)CCN(C(=O)CSc1nc2ccccc2c(=O)n1CCC1=CCCCC1)c1ccccc1. The molecule has 0 atom stereocenters. The normalized spacial score (nSPS) is 13.4. The quantitative estimate of drug-likeness (QED) is 0.260. The predicted molar refractivity (Wildman–Crippen MR) is 141 cm³/mol. The number of aromatic nitrogens is 2. The number of rotatable bonds is 10. The van der Waals surface area contributed by atoms with E-state index in [0.717, 1.165) is 19.3 Å². The van der Waals surface area contributed by atoms with Crippen LogP contribution in [-0.4, -0.2) is 33.7 Å². The van der Waals surface area contributed by atoms with Gasteiger partial charge in [0.1, 0.15) is 0 Å². The second-order valence-corrected chi connectivity index (χ2v) is 9.55. The van der Waals surface area contributed by atoms with Crippen LogP contribution in [0.1, 0.15) is 38.5 Å². The number of allylic oxidation sites excluding steroid dienone is 2. The number of thioether (sulfide) groups is 1. The number of para-hydroxylation sites is 2. The third-order valence-corrected chi connectivity index (χ3v) is 7.10. The zero-order chi connectivity index (χ0) is 24.6. The molecule has 8 heteroatoms. The largest absolute Gasteiger partial charge is 0.370 e. The van der Waals surface area contributed by atoms with E-state index in [1.165, 1.54) is 30.2 Å². The fraction of sp³-hybridized carbons (Fsp3) is 0.333. The van der Waals surface area contributed by atoms with Crippen LogP contribution in [-0.2, 0) is 16.1 Å². The molecule has 182 valence electrons. The van der Waals surface area contributed by atoms with E-state index in [4.69, 9.17) is 10.7 Å². The minimum absolute atomic E-state index is 0.0688. The Kier molecular flexibility index (Phi) is 8.36. The molecule has 0 unspecified atom stereocenters. The standard InChI is InChI=1S/C27H30N4O3S/c28-24(32)16-18-30(21-11-5-2-6-12-21)25(33)19-35-27-29-23-14-8-7-13-22(23)26(34)31(27)17-15-20-9-3-1-4-10-20/h2,5-9,11-14H,1,3-4,10,15-19H2,(H2,28,32). The van der Waals surface area contributed by atoms with Gasteiger partial charge in [-0.05, 0) is 56.4 Å². The summed E-state index contributed by atoms with van der Waals surface area (Å²) in [4.78, 5) is 44.2. The van der Waals surface area contributed by atoms with Gasteiger partial charge in [0, 0.05) is 25.2 Å². The van der Waals surface area contributed by atoms with Gasteiger partial charge in [-0.25, -0.2) is 4.98 Å². The molecule has 0 saturated carbocycles. The summed E-state index contributed by atoms with van der Waals surface area (Å²) < 4.78 is 1.70. The van der Waals surface area contributed by atoms with Crippen molar-refractivity contribution >= 4 is 40.2 Å². The van der Waals surface area contributed by atoms with Gasteiger partial charge in [0.15, 0.2) is 5.16 Å². The third kappa shape index (κ3) is 6.39. The molecule has 0 fully saturated rings. The fourth-order valence-corrected chi connectivity index (χ4v) is 5.18. The van der Waals surface area contributed by atoms with E-state index in [0.29, 0.717) is 28.3 Å². The van der Waals surface area contributed by atoms with Crippen molar-refractivity contribution in [2.75, 3.05) is 17.2 Å². The molecule has 35 heavy (non-hydrogen) atoms. The highest BCUT2D eigenvalue weighted by atomic mass is 32.2. The summed E-state index contributed by atoms with van der Waals surface area (Å²) in [5.74, 6) is -0.555. The maximum absolute atomic E-state index is 13.3. The Hall–Kier alpha value is -3.39. The number of fused-ring (bicyclic) bond motifs is 1. The lowest BCUT2D eigenvalue weighted by atomic mass is 9.97. The van der Waals surface area contributed by atoms with Crippen LogP contribution in [0.15, 0.2) is 76.2 Å². The van der Waals surface area contributed by atoms with Crippen molar-refractivity contribution in [2.24, 2.45) is 5.73 Å². The van der Waals surface area contributed by atoms with E-state index in [9.17, 15) is 14.4 Å². The molecular formula is C27H30N4O3S. The summed E-state index contributed by atoms with van der Waals surface area (Å²) in [7, 11) is 0. The van der Waals surface area contributed by atoms with E-state index in [1.54, 1.807) is 15.5 Å². The number of hydrogen-bond acceptors (Lipinski definition) is 5. The Labute approximate surface area is 209 Å². The number of primary amides is 1. The van der Waals surface area contributed by atoms with Gasteiger partial charge in [0.25, 0.3) is 5.56 Å². The highest BCUT2D eigenvalue weighted by molar-refractivity contribution is 7.99. The number of nitrogens with two attached hydrogens (primary N) is 1. The Morgan fingerprint density at radius 3 is 2.57 bits per heavy atom. The van der Waals surface area contributed by atoms with Crippen LogP contribution in [0.25, 0.3) is 10.9 Å². The number of anilines is 1. The molecule has 1 aliphatic carbocycles. The summed E-state index contributed by atoms with van der Waals surface area (Å²) in [6.07, 6.45) is 7.73. The summed E-state index contributed by atoms with van der Waals surface area (Å²) in [5, 5.41) is 1.11. The minimum atomic E-state index is -0.464. The van der Waals surface area contributed by atoms with Gasteiger partial charge in [0.2, 0.25) is 11.8 Å². The van der Waals surface area contributed by atoms with Crippen molar-refractivity contribution in [1.29, 1.82) is 0 Å². The van der Waals surface area contributed by atoms with Crippen LogP contribution in [0.5, 0.6) is 0 Å². The molecule has 1 aromatic heterocycles. The predicted octanol–water partition coefficient (Wildman–Crippen LogP) is 4.29. The van der Waals surface area contributed by atoms with Crippen molar-refractivity contribution in [1.82, 2.24) is 9.55 Å². The van der Waals surface area contributed by atoms with Crippen molar-refractivity contribution in [3.05, 3.63) is 76.6 Å². The van der Waals surface area contributed by atoms with Crippen molar-refractivity contribution in [3.8, 4) is 0 Å². The Morgan fingerprint density at radius 2 is 1.83 bits per heavy atom. The molecule has 0 aliphatic heterocycles. The molecule has 1 heterocycles. The van der Waals surface area contributed by atoms with Crippen LogP contribution < -0.4 is 16.2 Å². The first kappa shape index (κ1) is 24.7. The van der Waals surface area contributed by atoms with Gasteiger partial charge in [-0.1, -0.05) is 53.7 Å². The second kappa shape index (κ2) is 11.8. The first-order valence-electron chi connectivity index (χ1n) is 12.0. The summed E-state index contributed by atoms with van der Waals surface area (Å²) in [6.45, 7) is 0.730. The monoisotopic (exact) mass is 490 g/mol.